The Kier molecular flexibility index (Phi) is 6.52. The van der Waals surface area contributed by atoms with E-state index in [0.717, 1.165) is 44.9 Å². The van der Waals surface area contributed by atoms with Crippen LogP contribution in [0.25, 0.3) is 0 Å². The molecule has 3 saturated carbocycles. The maximum atomic E-state index is 12.8. The highest BCUT2D eigenvalue weighted by molar-refractivity contribution is 5.86. The topological polar surface area (TPSA) is 66.8 Å². The first-order valence-corrected chi connectivity index (χ1v) is 13.9. The monoisotopic (exact) mass is 474 g/mol. The van der Waals surface area contributed by atoms with E-state index in [-0.39, 0.29) is 28.6 Å². The van der Waals surface area contributed by atoms with E-state index in [1.54, 1.807) is 0 Å². The van der Waals surface area contributed by atoms with Crippen molar-refractivity contribution >= 4 is 5.78 Å². The van der Waals surface area contributed by atoms with Crippen LogP contribution in [0.1, 0.15) is 113 Å². The zero-order valence-electron chi connectivity index (χ0n) is 23.0. The second-order valence-electron chi connectivity index (χ2n) is 14.2. The lowest BCUT2D eigenvalue weighted by molar-refractivity contribution is -0.193. The van der Waals surface area contributed by atoms with Gasteiger partial charge in [-0.2, -0.15) is 0 Å². The van der Waals surface area contributed by atoms with Crippen LogP contribution in [0.5, 0.6) is 0 Å². The molecule has 0 aromatic heterocycles. The van der Waals surface area contributed by atoms with E-state index in [4.69, 9.17) is 4.74 Å². The number of ketones is 1. The van der Waals surface area contributed by atoms with Crippen LogP contribution in [-0.2, 0) is 9.53 Å². The van der Waals surface area contributed by atoms with E-state index in [1.807, 2.05) is 27.7 Å². The maximum absolute atomic E-state index is 12.8. The van der Waals surface area contributed by atoms with Crippen molar-refractivity contribution in [3.63, 3.8) is 0 Å². The molecule has 2 N–H and O–H groups in total. The van der Waals surface area contributed by atoms with Gasteiger partial charge in [-0.15, -0.1) is 0 Å². The van der Waals surface area contributed by atoms with Gasteiger partial charge in [0.15, 0.2) is 5.78 Å². The predicted octanol–water partition coefficient (Wildman–Crippen LogP) is 6.23. The second kappa shape index (κ2) is 8.42. The Morgan fingerprint density at radius 1 is 0.882 bits per heavy atom. The van der Waals surface area contributed by atoms with Crippen LogP contribution in [0.15, 0.2) is 11.6 Å². The molecule has 4 fully saturated rings. The Morgan fingerprint density at radius 3 is 2.21 bits per heavy atom. The average molecular weight is 475 g/mol. The third kappa shape index (κ3) is 4.24. The predicted molar refractivity (Wildman–Crippen MR) is 136 cm³/mol. The van der Waals surface area contributed by atoms with E-state index in [2.05, 4.69) is 33.8 Å². The molecule has 0 bridgehead atoms. The Hall–Kier alpha value is -0.710. The van der Waals surface area contributed by atoms with Crippen LogP contribution in [0, 0.1) is 34.5 Å². The minimum Gasteiger partial charge on any atom is -0.390 e. The molecule has 1 heterocycles. The van der Waals surface area contributed by atoms with Crippen LogP contribution in [0.3, 0.4) is 0 Å². The number of ether oxygens (including phenoxy) is 1. The van der Waals surface area contributed by atoms with Gasteiger partial charge >= 0.3 is 0 Å². The summed E-state index contributed by atoms with van der Waals surface area (Å²) in [7, 11) is 0. The molecule has 0 radical (unpaired) electrons. The highest BCUT2D eigenvalue weighted by atomic mass is 16.5. The number of hydrogen-bond acceptors (Lipinski definition) is 4. The molecule has 194 valence electrons. The number of hydrogen-bond donors (Lipinski definition) is 2. The maximum Gasteiger partial charge on any atom is 0.164 e. The highest BCUT2D eigenvalue weighted by Crippen LogP contribution is 2.59. The minimum absolute atomic E-state index is 0.00792. The fraction of sp³-hybridized carbons (Fsp3) is 0.900. The summed E-state index contributed by atoms with van der Waals surface area (Å²) in [5.41, 5.74) is -0.784. The first-order chi connectivity index (χ1) is 15.5. The molecule has 0 aromatic carbocycles. The molecule has 1 saturated heterocycles. The van der Waals surface area contributed by atoms with Crippen LogP contribution in [-0.4, -0.2) is 38.9 Å². The summed E-state index contributed by atoms with van der Waals surface area (Å²) in [5, 5.41) is 22.7. The molecule has 4 rings (SSSR count). The van der Waals surface area contributed by atoms with Crippen molar-refractivity contribution in [2.24, 2.45) is 34.5 Å². The minimum atomic E-state index is -0.777. The zero-order chi connectivity index (χ0) is 25.3. The van der Waals surface area contributed by atoms with Crippen molar-refractivity contribution < 1.29 is 19.7 Å². The summed E-state index contributed by atoms with van der Waals surface area (Å²) in [6, 6.07) is 0. The summed E-state index contributed by atoms with van der Waals surface area (Å²) in [4.78, 5) is 12.8. The van der Waals surface area contributed by atoms with Crippen molar-refractivity contribution in [2.45, 2.75) is 136 Å². The van der Waals surface area contributed by atoms with Gasteiger partial charge in [-0.05, 0) is 108 Å². The van der Waals surface area contributed by atoms with E-state index < -0.39 is 16.8 Å². The van der Waals surface area contributed by atoms with Gasteiger partial charge in [0.05, 0.1) is 17.3 Å². The van der Waals surface area contributed by atoms with Gasteiger partial charge < -0.3 is 14.9 Å². The SMILES string of the molecule is CC1CC[C@@H]2[C@@H](CC[C@@]2(C)O)C(C)(C)/C1=C\C[C@@H]1[C@@]2(C)CCC(=O)C(C)(C)O[C@@H]2CC[C@]1(C)O. The summed E-state index contributed by atoms with van der Waals surface area (Å²) in [6.45, 7) is 17.3. The van der Waals surface area contributed by atoms with Gasteiger partial charge in [-0.1, -0.05) is 39.3 Å². The molecule has 3 aliphatic carbocycles. The molecular formula is C30H50O4. The highest BCUT2D eigenvalue weighted by Gasteiger charge is 2.57. The number of allylic oxidation sites excluding steroid dienone is 2. The first-order valence-electron chi connectivity index (χ1n) is 13.9. The number of carbonyl (C=O) groups is 1. The van der Waals surface area contributed by atoms with Crippen LogP contribution in [0.2, 0.25) is 0 Å². The van der Waals surface area contributed by atoms with Gasteiger partial charge in [-0.3, -0.25) is 4.79 Å². The Balaban J connectivity index is 1.67. The molecular weight excluding hydrogens is 424 g/mol. The lowest BCUT2D eigenvalue weighted by atomic mass is 9.56. The molecule has 4 heteroatoms. The summed E-state index contributed by atoms with van der Waals surface area (Å²) in [5.74, 6) is 1.55. The fourth-order valence-electron chi connectivity index (χ4n) is 8.81. The fourth-order valence-corrected chi connectivity index (χ4v) is 8.81. The van der Waals surface area contributed by atoms with Gasteiger partial charge in [0.1, 0.15) is 5.60 Å². The third-order valence-electron chi connectivity index (χ3n) is 11.1. The summed E-state index contributed by atoms with van der Waals surface area (Å²) < 4.78 is 6.49. The van der Waals surface area contributed by atoms with E-state index in [1.165, 1.54) is 5.57 Å². The van der Waals surface area contributed by atoms with Crippen LogP contribution < -0.4 is 0 Å². The Bertz CT molecular complexity index is 835. The van der Waals surface area contributed by atoms with Crippen molar-refractivity contribution in [3.05, 3.63) is 11.6 Å². The molecule has 1 aliphatic heterocycles. The Labute approximate surface area is 207 Å². The van der Waals surface area contributed by atoms with Crippen LogP contribution >= 0.6 is 0 Å². The van der Waals surface area contributed by atoms with Crippen LogP contribution in [0.4, 0.5) is 0 Å². The van der Waals surface area contributed by atoms with Gasteiger partial charge in [0.2, 0.25) is 0 Å². The lowest BCUT2D eigenvalue weighted by Crippen LogP contribution is -2.56. The van der Waals surface area contributed by atoms with Gasteiger partial charge in [0, 0.05) is 11.8 Å². The Morgan fingerprint density at radius 2 is 1.53 bits per heavy atom. The largest absolute Gasteiger partial charge is 0.390 e. The number of carbonyl (C=O) groups excluding carboxylic acids is 1. The number of rotatable bonds is 2. The molecule has 0 amide bonds. The molecule has 0 aromatic rings. The average Bonchev–Trinajstić information content (AvgIpc) is 2.93. The lowest BCUT2D eigenvalue weighted by Gasteiger charge is -2.54. The standard InChI is InChI=1S/C30H50O4/c1-19-9-10-22-21(13-17-29(22,7)32)26(2,3)20(19)11-12-23-28(6)16-14-24(31)27(4,5)34-25(28)15-18-30(23,8)33/h11,19,21-23,25,32-33H,9-10,12-18H2,1-8H3/b20-11-/t19?,21-,22-,23-,25-,28-,29-,30+/m1/s1. The van der Waals surface area contributed by atoms with Crippen molar-refractivity contribution in [1.82, 2.24) is 0 Å². The first kappa shape index (κ1) is 26.4. The van der Waals surface area contributed by atoms with E-state index in [9.17, 15) is 15.0 Å². The van der Waals surface area contributed by atoms with Crippen molar-refractivity contribution in [3.8, 4) is 0 Å². The molecule has 0 spiro atoms. The molecule has 8 atom stereocenters. The van der Waals surface area contributed by atoms with E-state index in [0.29, 0.717) is 30.6 Å². The van der Waals surface area contributed by atoms with E-state index >= 15 is 0 Å². The van der Waals surface area contributed by atoms with Gasteiger partial charge in [-0.25, -0.2) is 0 Å². The summed E-state index contributed by atoms with van der Waals surface area (Å²) >= 11 is 0. The quantitative estimate of drug-likeness (QED) is 0.466. The van der Waals surface area contributed by atoms with Gasteiger partial charge in [0.25, 0.3) is 0 Å². The molecule has 34 heavy (non-hydrogen) atoms. The number of fused-ring (bicyclic) bond motifs is 2. The number of aliphatic hydroxyl groups is 2. The second-order valence-corrected chi connectivity index (χ2v) is 14.2. The smallest absolute Gasteiger partial charge is 0.164 e. The molecule has 4 aliphatic rings. The van der Waals surface area contributed by atoms with Crippen molar-refractivity contribution in [2.75, 3.05) is 0 Å². The third-order valence-corrected chi connectivity index (χ3v) is 11.1. The molecule has 4 nitrogen and oxygen atoms in total. The zero-order valence-corrected chi connectivity index (χ0v) is 23.0. The van der Waals surface area contributed by atoms with Crippen molar-refractivity contribution in [1.29, 1.82) is 0 Å². The normalized spacial score (nSPS) is 49.8. The number of Topliss-reactive ketones (excluding diaryl/α,β-unsaturated/α-hetero) is 1. The summed E-state index contributed by atoms with van der Waals surface area (Å²) in [6.07, 6.45) is 10.2. The molecule has 1 unspecified atom stereocenters.